The van der Waals surface area contributed by atoms with Crippen LogP contribution in [0.25, 0.3) is 0 Å². The predicted octanol–water partition coefficient (Wildman–Crippen LogP) is 2.30. The van der Waals surface area contributed by atoms with Gasteiger partial charge in [-0.25, -0.2) is 4.98 Å². The number of aryl methyl sites for hydroxylation is 2. The minimum Gasteiger partial charge on any atom is -0.373 e. The first-order valence-electron chi connectivity index (χ1n) is 9.51. The zero-order valence-electron chi connectivity index (χ0n) is 15.7. The van der Waals surface area contributed by atoms with Crippen LogP contribution in [-0.2, 0) is 11.3 Å². The van der Waals surface area contributed by atoms with Crippen LogP contribution in [-0.4, -0.2) is 56.9 Å². The van der Waals surface area contributed by atoms with Crippen molar-refractivity contribution in [2.75, 3.05) is 31.6 Å². The van der Waals surface area contributed by atoms with Crippen LogP contribution in [0.1, 0.15) is 36.3 Å². The molecular formula is C19H28N6O. The monoisotopic (exact) mass is 356 g/mol. The van der Waals surface area contributed by atoms with Crippen molar-refractivity contribution in [1.29, 1.82) is 0 Å². The molecule has 2 atom stereocenters. The second-order valence-corrected chi connectivity index (χ2v) is 7.79. The summed E-state index contributed by atoms with van der Waals surface area (Å²) in [5, 5.41) is 11.7. The Hall–Kier alpha value is -1.99. The first-order chi connectivity index (χ1) is 12.6. The molecule has 7 nitrogen and oxygen atoms in total. The van der Waals surface area contributed by atoms with Gasteiger partial charge in [0.25, 0.3) is 0 Å². The lowest BCUT2D eigenvalue weighted by atomic mass is 9.86. The topological polar surface area (TPSA) is 79.0 Å². The third-order valence-electron chi connectivity index (χ3n) is 5.58. The molecule has 2 fully saturated rings. The molecule has 2 aromatic rings. The van der Waals surface area contributed by atoms with Crippen molar-refractivity contribution < 1.29 is 4.74 Å². The van der Waals surface area contributed by atoms with Crippen LogP contribution in [0.3, 0.4) is 0 Å². The number of H-pyrrole nitrogens is 1. The highest BCUT2D eigenvalue weighted by Crippen LogP contribution is 2.37. The van der Waals surface area contributed by atoms with E-state index in [9.17, 15) is 0 Å². The van der Waals surface area contributed by atoms with E-state index in [0.29, 0.717) is 5.92 Å². The van der Waals surface area contributed by atoms with Gasteiger partial charge in [-0.1, -0.05) is 0 Å². The molecule has 0 amide bonds. The van der Waals surface area contributed by atoms with Gasteiger partial charge >= 0.3 is 0 Å². The molecule has 2 aliphatic rings. The third-order valence-corrected chi connectivity index (χ3v) is 5.58. The van der Waals surface area contributed by atoms with Gasteiger partial charge in [-0.15, -0.1) is 5.10 Å². The molecule has 1 spiro atoms. The van der Waals surface area contributed by atoms with Gasteiger partial charge in [0, 0.05) is 31.2 Å². The lowest BCUT2D eigenvalue weighted by Gasteiger charge is -2.39. The van der Waals surface area contributed by atoms with E-state index >= 15 is 0 Å². The standard InChI is InChI=1S/C19H28N6O/c1-14-4-5-18(24-23-14)20-9-16-8-19(26-11-16)6-3-7-25(12-19)10-17-15(2)21-13-22-17/h4-5,13,16H,3,6-12H2,1-2H3,(H,20,24)(H,21,22). The fraction of sp³-hybridized carbons (Fsp3) is 0.632. The van der Waals surface area contributed by atoms with Gasteiger partial charge in [0.15, 0.2) is 0 Å². The summed E-state index contributed by atoms with van der Waals surface area (Å²) in [5.74, 6) is 1.36. The molecule has 0 aliphatic carbocycles. The number of nitrogens with one attached hydrogen (secondary N) is 2. The molecule has 0 aromatic carbocycles. The van der Waals surface area contributed by atoms with Crippen molar-refractivity contribution in [3.05, 3.63) is 35.5 Å². The van der Waals surface area contributed by atoms with Gasteiger partial charge in [0.2, 0.25) is 0 Å². The summed E-state index contributed by atoms with van der Waals surface area (Å²) >= 11 is 0. The summed E-state index contributed by atoms with van der Waals surface area (Å²) in [6, 6.07) is 3.97. The number of ether oxygens (including phenoxy) is 1. The summed E-state index contributed by atoms with van der Waals surface area (Å²) in [4.78, 5) is 10.1. The summed E-state index contributed by atoms with van der Waals surface area (Å²) in [7, 11) is 0. The van der Waals surface area contributed by atoms with Gasteiger partial charge < -0.3 is 15.0 Å². The van der Waals surface area contributed by atoms with Crippen LogP contribution in [0, 0.1) is 19.8 Å². The van der Waals surface area contributed by atoms with E-state index in [1.807, 2.05) is 19.1 Å². The lowest BCUT2D eigenvalue weighted by Crippen LogP contribution is -2.47. The Bertz CT molecular complexity index is 730. The van der Waals surface area contributed by atoms with Crippen molar-refractivity contribution in [2.45, 2.75) is 45.3 Å². The maximum absolute atomic E-state index is 6.34. The summed E-state index contributed by atoms with van der Waals surface area (Å²) in [6.45, 7) is 8.77. The first-order valence-corrected chi connectivity index (χ1v) is 9.51. The van der Waals surface area contributed by atoms with Gasteiger partial charge in [0.05, 0.1) is 29.9 Å². The van der Waals surface area contributed by atoms with Crippen LogP contribution in [0.2, 0.25) is 0 Å². The number of imidazole rings is 1. The highest BCUT2D eigenvalue weighted by atomic mass is 16.5. The lowest BCUT2D eigenvalue weighted by molar-refractivity contribution is -0.0537. The average molecular weight is 356 g/mol. The molecule has 2 aromatic heterocycles. The zero-order chi connectivity index (χ0) is 18.0. The summed E-state index contributed by atoms with van der Waals surface area (Å²) in [5.41, 5.74) is 3.26. The number of piperidine rings is 1. The van der Waals surface area contributed by atoms with Gasteiger partial charge in [-0.2, -0.15) is 5.10 Å². The molecule has 0 radical (unpaired) electrons. The highest BCUT2D eigenvalue weighted by Gasteiger charge is 2.43. The SMILES string of the molecule is Cc1ccc(NCC2COC3(CCCN(Cc4nc[nH]c4C)C3)C2)nn1. The molecule has 0 saturated carbocycles. The van der Waals surface area contributed by atoms with Crippen molar-refractivity contribution in [3.8, 4) is 0 Å². The Labute approximate surface area is 154 Å². The van der Waals surface area contributed by atoms with E-state index < -0.39 is 0 Å². The number of aromatic nitrogens is 4. The molecule has 2 N–H and O–H groups in total. The third kappa shape index (κ3) is 3.88. The highest BCUT2D eigenvalue weighted by molar-refractivity contribution is 5.32. The Balaban J connectivity index is 1.31. The van der Waals surface area contributed by atoms with Crippen molar-refractivity contribution in [1.82, 2.24) is 25.1 Å². The Morgan fingerprint density at radius 2 is 2.27 bits per heavy atom. The van der Waals surface area contributed by atoms with Gasteiger partial charge in [0.1, 0.15) is 5.82 Å². The molecule has 7 heteroatoms. The molecule has 2 unspecified atom stereocenters. The van der Waals surface area contributed by atoms with E-state index in [0.717, 1.165) is 62.8 Å². The number of aromatic amines is 1. The second kappa shape index (κ2) is 7.32. The number of rotatable bonds is 5. The Morgan fingerprint density at radius 1 is 1.35 bits per heavy atom. The van der Waals surface area contributed by atoms with Crippen LogP contribution < -0.4 is 5.32 Å². The fourth-order valence-electron chi connectivity index (χ4n) is 4.18. The van der Waals surface area contributed by atoms with Crippen LogP contribution >= 0.6 is 0 Å². The van der Waals surface area contributed by atoms with Crippen molar-refractivity contribution in [2.24, 2.45) is 5.92 Å². The van der Waals surface area contributed by atoms with E-state index in [4.69, 9.17) is 4.74 Å². The smallest absolute Gasteiger partial charge is 0.148 e. The summed E-state index contributed by atoms with van der Waals surface area (Å²) in [6.07, 6.45) is 5.23. The van der Waals surface area contributed by atoms with Gasteiger partial charge in [-0.3, -0.25) is 4.90 Å². The van der Waals surface area contributed by atoms with Crippen molar-refractivity contribution >= 4 is 5.82 Å². The number of likely N-dealkylation sites (tertiary alicyclic amines) is 1. The molecule has 26 heavy (non-hydrogen) atoms. The zero-order valence-corrected chi connectivity index (χ0v) is 15.7. The van der Waals surface area contributed by atoms with Crippen LogP contribution in [0.4, 0.5) is 5.82 Å². The maximum Gasteiger partial charge on any atom is 0.148 e. The van der Waals surface area contributed by atoms with Crippen LogP contribution in [0.5, 0.6) is 0 Å². The second-order valence-electron chi connectivity index (χ2n) is 7.79. The molecule has 140 valence electrons. The number of hydrogen-bond donors (Lipinski definition) is 2. The molecule has 2 saturated heterocycles. The van der Waals surface area contributed by atoms with E-state index in [1.165, 1.54) is 12.1 Å². The van der Waals surface area contributed by atoms with E-state index in [1.54, 1.807) is 6.33 Å². The fourth-order valence-corrected chi connectivity index (χ4v) is 4.18. The molecule has 0 bridgehead atoms. The Morgan fingerprint density at radius 3 is 3.04 bits per heavy atom. The molecular weight excluding hydrogens is 328 g/mol. The number of anilines is 1. The number of nitrogens with zero attached hydrogens (tertiary/aromatic N) is 4. The predicted molar refractivity (Wildman–Crippen MR) is 99.9 cm³/mol. The minimum atomic E-state index is 0.00770. The maximum atomic E-state index is 6.34. The first kappa shape index (κ1) is 17.4. The normalized spacial score (nSPS) is 26.5. The van der Waals surface area contributed by atoms with Gasteiger partial charge in [-0.05, 0) is 51.8 Å². The van der Waals surface area contributed by atoms with Crippen molar-refractivity contribution in [3.63, 3.8) is 0 Å². The minimum absolute atomic E-state index is 0.00770. The van der Waals surface area contributed by atoms with E-state index in [-0.39, 0.29) is 5.60 Å². The average Bonchev–Trinajstić information content (AvgIpc) is 3.21. The molecule has 2 aliphatic heterocycles. The van der Waals surface area contributed by atoms with E-state index in [2.05, 4.69) is 37.3 Å². The summed E-state index contributed by atoms with van der Waals surface area (Å²) < 4.78 is 6.34. The Kier molecular flexibility index (Phi) is 4.91. The molecule has 4 rings (SSSR count). The molecule has 4 heterocycles. The van der Waals surface area contributed by atoms with Crippen LogP contribution in [0.15, 0.2) is 18.5 Å². The number of hydrogen-bond acceptors (Lipinski definition) is 6. The largest absolute Gasteiger partial charge is 0.373 e. The quantitative estimate of drug-likeness (QED) is 0.856.